The second-order valence-electron chi connectivity index (χ2n) is 14.7. The van der Waals surface area contributed by atoms with E-state index < -0.39 is 18.6 Å². The summed E-state index contributed by atoms with van der Waals surface area (Å²) in [6.07, 6.45) is 14.2. The van der Waals surface area contributed by atoms with Gasteiger partial charge in [0.15, 0.2) is 6.29 Å². The van der Waals surface area contributed by atoms with Crippen LogP contribution in [-0.4, -0.2) is 72.9 Å². The summed E-state index contributed by atoms with van der Waals surface area (Å²) in [6.45, 7) is 6.51. The molecule has 3 heterocycles. The van der Waals surface area contributed by atoms with E-state index in [4.69, 9.17) is 14.2 Å². The fourth-order valence-electron chi connectivity index (χ4n) is 7.25. The van der Waals surface area contributed by atoms with Crippen molar-refractivity contribution in [3.63, 3.8) is 0 Å². The first kappa shape index (κ1) is 37.4. The van der Waals surface area contributed by atoms with Gasteiger partial charge in [0, 0.05) is 50.6 Å². The number of carbonyl (C=O) groups is 1. The summed E-state index contributed by atoms with van der Waals surface area (Å²) in [6, 6.07) is 1.88. The van der Waals surface area contributed by atoms with Crippen molar-refractivity contribution in [3.8, 4) is 0 Å². The number of ether oxygens (including phenoxy) is 3. The summed E-state index contributed by atoms with van der Waals surface area (Å²) < 4.78 is 59.4. The van der Waals surface area contributed by atoms with Crippen molar-refractivity contribution in [1.29, 1.82) is 0 Å². The minimum absolute atomic E-state index is 0.0261. The van der Waals surface area contributed by atoms with Crippen molar-refractivity contribution < 1.29 is 32.2 Å². The molecule has 266 valence electrons. The van der Waals surface area contributed by atoms with Crippen LogP contribution >= 0.6 is 0 Å². The highest BCUT2D eigenvalue weighted by atomic mass is 19.4. The van der Waals surface area contributed by atoms with Crippen molar-refractivity contribution in [2.45, 2.75) is 136 Å². The lowest BCUT2D eigenvalue weighted by molar-refractivity contribution is -0.145. The van der Waals surface area contributed by atoms with Gasteiger partial charge in [0.05, 0.1) is 17.9 Å². The fraction of sp³-hybridized carbons (Fsp3) is 0.778. The highest BCUT2D eigenvalue weighted by molar-refractivity contribution is 6.08. The summed E-state index contributed by atoms with van der Waals surface area (Å²) in [5.41, 5.74) is 1.99. The monoisotopic (exact) mass is 666 g/mol. The second kappa shape index (κ2) is 17.3. The average Bonchev–Trinajstić information content (AvgIpc) is 3.43. The summed E-state index contributed by atoms with van der Waals surface area (Å²) in [7, 11) is 3.25. The van der Waals surface area contributed by atoms with Crippen molar-refractivity contribution in [3.05, 3.63) is 24.0 Å². The summed E-state index contributed by atoms with van der Waals surface area (Å²) in [4.78, 5) is 20.8. The zero-order valence-electron chi connectivity index (χ0n) is 29.2. The Bertz CT molecular complexity index is 1250. The second-order valence-corrected chi connectivity index (χ2v) is 14.7. The Morgan fingerprint density at radius 3 is 2.13 bits per heavy atom. The molecular formula is C36H57F3N4O4. The Labute approximate surface area is 279 Å². The highest BCUT2D eigenvalue weighted by Gasteiger charge is 2.41. The molecule has 0 unspecified atom stereocenters. The van der Waals surface area contributed by atoms with Crippen LogP contribution in [0.4, 0.5) is 18.9 Å². The molecule has 0 bridgehead atoms. The molecule has 47 heavy (non-hydrogen) atoms. The number of pyridine rings is 1. The fourth-order valence-corrected chi connectivity index (χ4v) is 7.25. The standard InChI is InChI=1S/C36H57F3N4O4/c1-35(2,3)20-13-11-9-7-6-8-10-12-14-22-47-26-41-21-19-29-31-30(23-40-32(29)41)33(44)42(24-36(37,38)39)25-43(31)28-17-15-27(16-18-28)34(45-4)46-5/h19,21,23,27-28,34H,6-18,20,22,24-26H2,1-5H3. The van der Waals surface area contributed by atoms with Gasteiger partial charge in [-0.05, 0) is 50.0 Å². The van der Waals surface area contributed by atoms with E-state index in [0.29, 0.717) is 30.1 Å². The summed E-state index contributed by atoms with van der Waals surface area (Å²) in [5.74, 6) is -0.428. The molecular weight excluding hydrogens is 609 g/mol. The normalized spacial score (nSPS) is 19.3. The number of carbonyl (C=O) groups excluding carboxylic acids is 1. The van der Waals surface area contributed by atoms with Crippen molar-refractivity contribution in [1.82, 2.24) is 14.5 Å². The lowest BCUT2D eigenvalue weighted by Gasteiger charge is -2.45. The van der Waals surface area contributed by atoms with E-state index in [-0.39, 0.29) is 30.5 Å². The van der Waals surface area contributed by atoms with E-state index >= 15 is 0 Å². The highest BCUT2D eigenvalue weighted by Crippen LogP contribution is 2.40. The maximum absolute atomic E-state index is 13.5. The van der Waals surface area contributed by atoms with Gasteiger partial charge in [-0.25, -0.2) is 4.98 Å². The number of unbranched alkanes of at least 4 members (excludes halogenated alkanes) is 8. The minimum Gasteiger partial charge on any atom is -0.361 e. The number of fused-ring (bicyclic) bond motifs is 3. The summed E-state index contributed by atoms with van der Waals surface area (Å²) in [5, 5.41) is 0.762. The number of hydrogen-bond acceptors (Lipinski definition) is 6. The number of rotatable bonds is 18. The number of anilines is 1. The van der Waals surface area contributed by atoms with Crippen LogP contribution < -0.4 is 4.90 Å². The Balaban J connectivity index is 1.32. The molecule has 1 aliphatic heterocycles. The van der Waals surface area contributed by atoms with Gasteiger partial charge in [-0.3, -0.25) is 4.79 Å². The lowest BCUT2D eigenvalue weighted by atomic mass is 9.84. The van der Waals surface area contributed by atoms with Crippen molar-refractivity contribution in [2.24, 2.45) is 11.3 Å². The van der Waals surface area contributed by atoms with Gasteiger partial charge in [0.2, 0.25) is 0 Å². The molecule has 2 aliphatic rings. The Morgan fingerprint density at radius 1 is 0.915 bits per heavy atom. The van der Waals surface area contributed by atoms with Gasteiger partial charge in [0.1, 0.15) is 18.9 Å². The summed E-state index contributed by atoms with van der Waals surface area (Å²) >= 11 is 0. The van der Waals surface area contributed by atoms with Crippen LogP contribution in [0.3, 0.4) is 0 Å². The molecule has 0 saturated heterocycles. The third-order valence-corrected chi connectivity index (χ3v) is 9.74. The molecule has 8 nitrogen and oxygen atoms in total. The number of amides is 1. The van der Waals surface area contributed by atoms with E-state index in [0.717, 1.165) is 48.8 Å². The third kappa shape index (κ3) is 10.8. The Kier molecular flexibility index (Phi) is 13.8. The Morgan fingerprint density at radius 2 is 1.53 bits per heavy atom. The average molecular weight is 667 g/mol. The molecule has 0 spiro atoms. The van der Waals surface area contributed by atoms with Gasteiger partial charge in [-0.1, -0.05) is 72.1 Å². The van der Waals surface area contributed by atoms with Crippen LogP contribution in [0.1, 0.15) is 121 Å². The van der Waals surface area contributed by atoms with Crippen LogP contribution in [0.15, 0.2) is 18.5 Å². The molecule has 0 aromatic carbocycles. The molecule has 4 rings (SSSR count). The van der Waals surface area contributed by atoms with E-state index in [9.17, 15) is 18.0 Å². The van der Waals surface area contributed by atoms with Gasteiger partial charge in [-0.15, -0.1) is 0 Å². The first-order valence-corrected chi connectivity index (χ1v) is 17.7. The van der Waals surface area contributed by atoms with Gasteiger partial charge < -0.3 is 28.6 Å². The minimum atomic E-state index is -4.50. The molecule has 0 radical (unpaired) electrons. The number of aromatic nitrogens is 2. The largest absolute Gasteiger partial charge is 0.406 e. The van der Waals surface area contributed by atoms with Crippen LogP contribution in [0.25, 0.3) is 11.0 Å². The lowest BCUT2D eigenvalue weighted by Crippen LogP contribution is -2.54. The molecule has 1 aliphatic carbocycles. The first-order chi connectivity index (χ1) is 22.4. The number of halogens is 3. The van der Waals surface area contributed by atoms with Gasteiger partial charge in [-0.2, -0.15) is 13.2 Å². The van der Waals surface area contributed by atoms with Crippen LogP contribution in [-0.2, 0) is 20.9 Å². The SMILES string of the molecule is COC(OC)C1CCC(N2CN(CC(F)(F)F)C(=O)c3cnc4c(ccn4COCCCCCCCCCCCC(C)(C)C)c32)CC1. The molecule has 2 aromatic heterocycles. The van der Waals surface area contributed by atoms with Crippen molar-refractivity contribution >= 4 is 22.6 Å². The molecule has 2 aromatic rings. The van der Waals surface area contributed by atoms with Crippen LogP contribution in [0.2, 0.25) is 0 Å². The third-order valence-electron chi connectivity index (χ3n) is 9.74. The molecule has 0 N–H and O–H groups in total. The zero-order valence-corrected chi connectivity index (χ0v) is 29.2. The number of nitrogens with zero attached hydrogens (tertiary/aromatic N) is 4. The van der Waals surface area contributed by atoms with Crippen LogP contribution in [0, 0.1) is 11.3 Å². The smallest absolute Gasteiger partial charge is 0.361 e. The molecule has 0 atom stereocenters. The van der Waals surface area contributed by atoms with E-state index in [1.807, 2.05) is 21.7 Å². The molecule has 1 amide bonds. The number of alkyl halides is 3. The predicted octanol–water partition coefficient (Wildman–Crippen LogP) is 8.92. The van der Waals surface area contributed by atoms with E-state index in [1.54, 1.807) is 14.2 Å². The molecule has 1 saturated carbocycles. The number of methoxy groups -OCH3 is 2. The maximum Gasteiger partial charge on any atom is 0.406 e. The van der Waals surface area contributed by atoms with E-state index in [2.05, 4.69) is 25.8 Å². The first-order valence-electron chi connectivity index (χ1n) is 17.7. The van der Waals surface area contributed by atoms with Crippen molar-refractivity contribution in [2.75, 3.05) is 38.9 Å². The predicted molar refractivity (Wildman–Crippen MR) is 179 cm³/mol. The van der Waals surface area contributed by atoms with Gasteiger partial charge in [0.25, 0.3) is 5.91 Å². The quantitative estimate of drug-likeness (QED) is 0.117. The molecule has 11 heteroatoms. The van der Waals surface area contributed by atoms with Crippen LogP contribution in [0.5, 0.6) is 0 Å². The zero-order chi connectivity index (χ0) is 34.0. The molecule has 1 fully saturated rings. The number of hydrogen-bond donors (Lipinski definition) is 0. The maximum atomic E-state index is 13.5. The van der Waals surface area contributed by atoms with Gasteiger partial charge >= 0.3 is 6.18 Å². The van der Waals surface area contributed by atoms with E-state index in [1.165, 1.54) is 57.6 Å². The Hall–Kier alpha value is -2.37. The topological polar surface area (TPSA) is 69.1 Å².